The number of para-hydroxylation sites is 1. The third-order valence-corrected chi connectivity index (χ3v) is 9.84. The van der Waals surface area contributed by atoms with Crippen LogP contribution in [0.2, 0.25) is 5.02 Å². The fraction of sp³-hybridized carbons (Fsp3) is 0.577. The summed E-state index contributed by atoms with van der Waals surface area (Å²) in [7, 11) is 0. The molecule has 9 heteroatoms. The van der Waals surface area contributed by atoms with Gasteiger partial charge in [0.1, 0.15) is 6.04 Å². The van der Waals surface area contributed by atoms with E-state index in [9.17, 15) is 19.5 Å². The number of hydrogen-bond donors (Lipinski definition) is 1. The largest absolute Gasteiger partial charge is 0.466 e. The summed E-state index contributed by atoms with van der Waals surface area (Å²) in [5.41, 5.74) is 0.538. The number of carbonyl (C=O) groups is 3. The molecule has 3 saturated heterocycles. The molecule has 190 valence electrons. The quantitative estimate of drug-likeness (QED) is 0.396. The number of fused-ring (bicyclic) bond motifs is 1. The maximum Gasteiger partial charge on any atom is 0.310 e. The van der Waals surface area contributed by atoms with E-state index >= 15 is 0 Å². The molecule has 3 heterocycles. The molecule has 1 N–H and O–H groups in total. The molecule has 3 fully saturated rings. The van der Waals surface area contributed by atoms with Crippen LogP contribution in [-0.2, 0) is 19.1 Å². The van der Waals surface area contributed by atoms with Gasteiger partial charge in [-0.05, 0) is 37.8 Å². The molecule has 0 aliphatic carbocycles. The molecular formula is C26H33ClN2O5S. The van der Waals surface area contributed by atoms with Crippen molar-refractivity contribution in [3.63, 3.8) is 0 Å². The van der Waals surface area contributed by atoms with Gasteiger partial charge < -0.3 is 19.6 Å². The Balaban J connectivity index is 1.84. The van der Waals surface area contributed by atoms with Crippen molar-refractivity contribution in [2.75, 3.05) is 24.7 Å². The molecule has 0 aromatic heterocycles. The molecule has 6 atom stereocenters. The highest BCUT2D eigenvalue weighted by atomic mass is 35.5. The fourth-order valence-corrected chi connectivity index (χ4v) is 8.53. The monoisotopic (exact) mass is 520 g/mol. The van der Waals surface area contributed by atoms with Crippen molar-refractivity contribution >= 4 is 46.8 Å². The third kappa shape index (κ3) is 4.07. The van der Waals surface area contributed by atoms with Crippen LogP contribution < -0.4 is 4.90 Å². The fourth-order valence-electron chi connectivity index (χ4n) is 6.11. The lowest BCUT2D eigenvalue weighted by Crippen LogP contribution is -2.58. The van der Waals surface area contributed by atoms with Gasteiger partial charge in [0.25, 0.3) is 5.91 Å². The summed E-state index contributed by atoms with van der Waals surface area (Å²) in [6, 6.07) is 5.69. The topological polar surface area (TPSA) is 87.2 Å². The average Bonchev–Trinajstić information content (AvgIpc) is 3.46. The number of aliphatic hydroxyl groups excluding tert-OH is 1. The summed E-state index contributed by atoms with van der Waals surface area (Å²) in [5.74, 6) is -2.25. The summed E-state index contributed by atoms with van der Waals surface area (Å²) in [6.45, 7) is 9.58. The van der Waals surface area contributed by atoms with Gasteiger partial charge in [0.2, 0.25) is 5.91 Å². The maximum atomic E-state index is 14.4. The number of likely N-dealkylation sites (tertiary alicyclic amines) is 1. The molecule has 4 rings (SSSR count). The van der Waals surface area contributed by atoms with Crippen molar-refractivity contribution in [3.8, 4) is 0 Å². The molecule has 2 unspecified atom stereocenters. The molecular weight excluding hydrogens is 488 g/mol. The number of nitrogens with zero attached hydrogens (tertiary/aromatic N) is 2. The highest BCUT2D eigenvalue weighted by Gasteiger charge is 2.75. The maximum absolute atomic E-state index is 14.4. The van der Waals surface area contributed by atoms with Crippen molar-refractivity contribution in [3.05, 3.63) is 41.9 Å². The molecule has 0 radical (unpaired) electrons. The molecule has 3 aliphatic rings. The Morgan fingerprint density at radius 3 is 2.71 bits per heavy atom. The van der Waals surface area contributed by atoms with Crippen molar-refractivity contribution < 1.29 is 24.2 Å². The second-order valence-corrected chi connectivity index (χ2v) is 11.7. The Kier molecular flexibility index (Phi) is 7.55. The smallest absolute Gasteiger partial charge is 0.310 e. The Morgan fingerprint density at radius 1 is 1.40 bits per heavy atom. The highest BCUT2D eigenvalue weighted by molar-refractivity contribution is 8.02. The van der Waals surface area contributed by atoms with Crippen molar-refractivity contribution in [2.45, 2.75) is 55.7 Å². The number of aliphatic hydroxyl groups is 1. The molecule has 7 nitrogen and oxygen atoms in total. The summed E-state index contributed by atoms with van der Waals surface area (Å²) in [6.07, 6.45) is 3.00. The first-order valence-electron chi connectivity index (χ1n) is 12.2. The van der Waals surface area contributed by atoms with Crippen molar-refractivity contribution in [1.82, 2.24) is 4.90 Å². The van der Waals surface area contributed by atoms with E-state index < -0.39 is 28.7 Å². The normalized spacial score (nSPS) is 29.9. The van der Waals surface area contributed by atoms with Crippen LogP contribution in [-0.4, -0.2) is 69.6 Å². The summed E-state index contributed by atoms with van der Waals surface area (Å²) < 4.78 is 4.60. The van der Waals surface area contributed by atoms with Crippen LogP contribution in [0, 0.1) is 17.8 Å². The number of hydrogen-bond acceptors (Lipinski definition) is 6. The van der Waals surface area contributed by atoms with Crippen LogP contribution in [0.15, 0.2) is 36.9 Å². The van der Waals surface area contributed by atoms with E-state index in [2.05, 4.69) is 6.58 Å². The van der Waals surface area contributed by atoms with Gasteiger partial charge in [0, 0.05) is 11.8 Å². The Morgan fingerprint density at radius 2 is 2.11 bits per heavy atom. The lowest BCUT2D eigenvalue weighted by molar-refractivity contribution is -0.154. The number of esters is 1. The molecule has 1 aromatic rings. The van der Waals surface area contributed by atoms with Crippen LogP contribution in [0.5, 0.6) is 0 Å². The first-order chi connectivity index (χ1) is 16.7. The van der Waals surface area contributed by atoms with Crippen molar-refractivity contribution in [2.24, 2.45) is 17.8 Å². The van der Waals surface area contributed by atoms with E-state index in [0.29, 0.717) is 17.1 Å². The van der Waals surface area contributed by atoms with Crippen LogP contribution in [0.1, 0.15) is 33.6 Å². The van der Waals surface area contributed by atoms with Gasteiger partial charge >= 0.3 is 5.97 Å². The van der Waals surface area contributed by atoms with Gasteiger partial charge in [0.05, 0.1) is 46.5 Å². The van der Waals surface area contributed by atoms with E-state index in [1.807, 2.05) is 13.8 Å². The summed E-state index contributed by atoms with van der Waals surface area (Å²) in [4.78, 5) is 44.6. The van der Waals surface area contributed by atoms with Gasteiger partial charge in [-0.1, -0.05) is 43.7 Å². The number of benzene rings is 1. The Bertz CT molecular complexity index is 1020. The number of halogens is 1. The van der Waals surface area contributed by atoms with E-state index in [0.717, 1.165) is 6.42 Å². The predicted octanol–water partition coefficient (Wildman–Crippen LogP) is 3.53. The first-order valence-corrected chi connectivity index (χ1v) is 13.4. The molecule has 3 aliphatic heterocycles. The second-order valence-electron chi connectivity index (χ2n) is 9.74. The van der Waals surface area contributed by atoms with Gasteiger partial charge in [-0.3, -0.25) is 14.4 Å². The number of anilines is 1. The highest BCUT2D eigenvalue weighted by Crippen LogP contribution is 2.67. The molecule has 1 aromatic carbocycles. The zero-order chi connectivity index (χ0) is 25.5. The minimum Gasteiger partial charge on any atom is -0.466 e. The number of rotatable bonds is 9. The number of thioether (sulfide) groups is 1. The van der Waals surface area contributed by atoms with Crippen LogP contribution in [0.25, 0.3) is 0 Å². The van der Waals surface area contributed by atoms with E-state index in [1.54, 1.807) is 58.8 Å². The van der Waals surface area contributed by atoms with Gasteiger partial charge in [0.15, 0.2) is 0 Å². The molecule has 1 spiro atoms. The van der Waals surface area contributed by atoms with Gasteiger partial charge in [-0.2, -0.15) is 0 Å². The summed E-state index contributed by atoms with van der Waals surface area (Å²) >= 11 is 8.06. The Labute approximate surface area is 215 Å². The number of amides is 2. The van der Waals surface area contributed by atoms with Crippen LogP contribution in [0.3, 0.4) is 0 Å². The lowest BCUT2D eigenvalue weighted by atomic mass is 9.71. The molecule has 2 bridgehead atoms. The second kappa shape index (κ2) is 10.1. The first kappa shape index (κ1) is 26.0. The van der Waals surface area contributed by atoms with Crippen molar-refractivity contribution in [1.29, 1.82) is 0 Å². The predicted molar refractivity (Wildman–Crippen MR) is 137 cm³/mol. The number of ether oxygens (including phenoxy) is 1. The van der Waals surface area contributed by atoms with E-state index in [1.165, 1.54) is 0 Å². The Hall–Kier alpha value is -2.03. The molecule has 35 heavy (non-hydrogen) atoms. The van der Waals surface area contributed by atoms with E-state index in [-0.39, 0.29) is 48.7 Å². The van der Waals surface area contributed by atoms with Gasteiger partial charge in [-0.25, -0.2) is 0 Å². The summed E-state index contributed by atoms with van der Waals surface area (Å²) in [5, 5.41) is 10.7. The molecule has 2 amide bonds. The number of carbonyl (C=O) groups excluding carboxylic acids is 3. The van der Waals surface area contributed by atoms with Crippen LogP contribution in [0.4, 0.5) is 5.69 Å². The third-order valence-electron chi connectivity index (χ3n) is 7.57. The zero-order valence-corrected chi connectivity index (χ0v) is 21.9. The van der Waals surface area contributed by atoms with E-state index in [4.69, 9.17) is 16.3 Å². The minimum absolute atomic E-state index is 0.0692. The lowest BCUT2D eigenvalue weighted by Gasteiger charge is -2.40. The van der Waals surface area contributed by atoms with Crippen LogP contribution >= 0.6 is 23.4 Å². The average molecular weight is 521 g/mol. The minimum atomic E-state index is -0.842. The SMILES string of the molecule is C=CCN(C(=O)C1N([C@@H](CO)C(C)C)C(=O)[C@@H]2[C@@H](C(=O)OCC)[C@H]3CCC12S3)c1ccccc1Cl. The standard InChI is InChI=1S/C26H33ClN2O5S/c1-5-13-28(17-10-8-7-9-16(17)27)24(32)22-26-12-11-19(35-26)20(25(33)34-6-2)21(26)23(31)29(22)18(14-30)15(3)4/h5,7-10,15,18-22,30H,1,6,11-14H2,2-4H3/t18-,19+,20-,21-,22?,26?/m0/s1. The van der Waals surface area contributed by atoms with Gasteiger partial charge in [-0.15, -0.1) is 18.3 Å². The zero-order valence-electron chi connectivity index (χ0n) is 20.4. The molecule has 0 saturated carbocycles.